The molecule has 0 spiro atoms. The maximum absolute atomic E-state index is 5.89. The van der Waals surface area contributed by atoms with Crippen molar-refractivity contribution >= 4 is 33.7 Å². The summed E-state index contributed by atoms with van der Waals surface area (Å²) < 4.78 is 9.59. The number of pyridine rings is 1. The van der Waals surface area contributed by atoms with Crippen LogP contribution in [0.4, 0.5) is 5.82 Å². The lowest BCUT2D eigenvalue weighted by Crippen LogP contribution is -2.44. The fraction of sp³-hybridized carbons (Fsp3) is 0.273. The molecular formula is C11H14BrN5O2. The molecule has 1 aliphatic heterocycles. The van der Waals surface area contributed by atoms with E-state index in [-0.39, 0.29) is 5.82 Å². The van der Waals surface area contributed by atoms with Crippen molar-refractivity contribution in [2.24, 2.45) is 10.7 Å². The van der Waals surface area contributed by atoms with Gasteiger partial charge in [0.15, 0.2) is 11.6 Å². The van der Waals surface area contributed by atoms with E-state index in [4.69, 9.17) is 20.9 Å². The zero-order valence-corrected chi connectivity index (χ0v) is 12.1. The lowest BCUT2D eigenvalue weighted by molar-refractivity contribution is 0.122. The van der Waals surface area contributed by atoms with E-state index in [2.05, 4.69) is 31.2 Å². The van der Waals surface area contributed by atoms with Crippen LogP contribution in [0, 0.1) is 0 Å². The van der Waals surface area contributed by atoms with Crippen LogP contribution in [0.15, 0.2) is 23.1 Å². The van der Waals surface area contributed by atoms with Crippen LogP contribution in [0.3, 0.4) is 0 Å². The summed E-state index contributed by atoms with van der Waals surface area (Å²) in [6.07, 6.45) is 3.08. The van der Waals surface area contributed by atoms with E-state index < -0.39 is 4.63 Å². The number of hydrogen-bond acceptors (Lipinski definition) is 7. The minimum atomic E-state index is -0.922. The third-order valence-electron chi connectivity index (χ3n) is 2.62. The number of methoxy groups -OCH3 is 2. The van der Waals surface area contributed by atoms with Gasteiger partial charge < -0.3 is 26.3 Å². The molecule has 0 radical (unpaired) electrons. The van der Waals surface area contributed by atoms with Crippen LogP contribution in [0.25, 0.3) is 5.70 Å². The number of halogens is 1. The van der Waals surface area contributed by atoms with Crippen molar-refractivity contribution in [1.29, 1.82) is 0 Å². The second-order valence-electron chi connectivity index (χ2n) is 3.77. The van der Waals surface area contributed by atoms with E-state index in [1.807, 2.05) is 0 Å². The molecule has 7 nitrogen and oxygen atoms in total. The van der Waals surface area contributed by atoms with Gasteiger partial charge in [-0.25, -0.2) is 9.98 Å². The standard InChI is InChI=1S/C11H14BrN5O2/c1-18-8-6(3-4-15-10(8)14)7-9(13)16-5-11(12,17-7)19-2/h3-5,17H,13H2,1-2H3,(H2,14,15). The van der Waals surface area contributed by atoms with Gasteiger partial charge in [-0.3, -0.25) is 0 Å². The number of rotatable bonds is 3. The molecule has 5 N–H and O–H groups in total. The highest BCUT2D eigenvalue weighted by Gasteiger charge is 2.31. The first-order valence-corrected chi connectivity index (χ1v) is 6.16. The van der Waals surface area contributed by atoms with Crippen molar-refractivity contribution in [2.45, 2.75) is 4.63 Å². The molecule has 2 rings (SSSR count). The number of hydrogen-bond donors (Lipinski definition) is 3. The molecule has 1 aromatic rings. The first kappa shape index (κ1) is 13.6. The average Bonchev–Trinajstić information content (AvgIpc) is 2.41. The van der Waals surface area contributed by atoms with Gasteiger partial charge in [0.05, 0.1) is 19.0 Å². The van der Waals surface area contributed by atoms with Crippen molar-refractivity contribution in [3.63, 3.8) is 0 Å². The summed E-state index contributed by atoms with van der Waals surface area (Å²) in [6.45, 7) is 0. The van der Waals surface area contributed by atoms with E-state index >= 15 is 0 Å². The second kappa shape index (κ2) is 5.06. The van der Waals surface area contributed by atoms with Crippen molar-refractivity contribution in [3.05, 3.63) is 23.6 Å². The summed E-state index contributed by atoms with van der Waals surface area (Å²) in [5.41, 5.74) is 12.9. The molecule has 1 aliphatic rings. The summed E-state index contributed by atoms with van der Waals surface area (Å²) in [7, 11) is 3.04. The zero-order valence-electron chi connectivity index (χ0n) is 10.5. The molecule has 2 heterocycles. The summed E-state index contributed by atoms with van der Waals surface area (Å²) in [5, 5.41) is 3.08. The minimum Gasteiger partial charge on any atom is -0.492 e. The Balaban J connectivity index is 2.52. The number of anilines is 1. The molecule has 0 bridgehead atoms. The molecule has 1 atom stereocenters. The van der Waals surface area contributed by atoms with Crippen LogP contribution in [0.5, 0.6) is 5.75 Å². The summed E-state index contributed by atoms with van der Waals surface area (Å²) in [4.78, 5) is 8.07. The first-order valence-electron chi connectivity index (χ1n) is 5.37. The Hall–Kier alpha value is -1.80. The molecule has 0 amide bonds. The summed E-state index contributed by atoms with van der Waals surface area (Å²) in [6, 6.07) is 1.73. The molecular weight excluding hydrogens is 314 g/mol. The molecule has 0 saturated carbocycles. The van der Waals surface area contributed by atoms with Crippen LogP contribution in [0.2, 0.25) is 0 Å². The molecule has 1 unspecified atom stereocenters. The minimum absolute atomic E-state index is 0.272. The monoisotopic (exact) mass is 327 g/mol. The van der Waals surface area contributed by atoms with Gasteiger partial charge in [-0.15, -0.1) is 0 Å². The van der Waals surface area contributed by atoms with E-state index in [1.165, 1.54) is 20.4 Å². The Bertz CT molecular complexity index is 560. The molecule has 0 aromatic carbocycles. The maximum Gasteiger partial charge on any atom is 0.233 e. The highest BCUT2D eigenvalue weighted by molar-refractivity contribution is 9.10. The number of nitrogens with two attached hydrogens (primary N) is 2. The normalized spacial score (nSPS) is 22.3. The van der Waals surface area contributed by atoms with Crippen LogP contribution in [-0.2, 0) is 4.74 Å². The molecule has 8 heteroatoms. The molecule has 0 fully saturated rings. The highest BCUT2D eigenvalue weighted by atomic mass is 79.9. The predicted octanol–water partition coefficient (Wildman–Crippen LogP) is 0.626. The van der Waals surface area contributed by atoms with Gasteiger partial charge in [-0.05, 0) is 22.0 Å². The number of nitrogens with one attached hydrogen (secondary N) is 1. The van der Waals surface area contributed by atoms with Crippen molar-refractivity contribution < 1.29 is 9.47 Å². The Morgan fingerprint density at radius 1 is 1.37 bits per heavy atom. The number of nitrogen functional groups attached to an aromatic ring is 1. The van der Waals surface area contributed by atoms with Crippen molar-refractivity contribution in [3.8, 4) is 5.75 Å². The molecule has 0 aliphatic carbocycles. The Morgan fingerprint density at radius 3 is 2.74 bits per heavy atom. The molecule has 102 valence electrons. The topological polar surface area (TPSA) is 108 Å². The second-order valence-corrected chi connectivity index (χ2v) is 4.95. The smallest absolute Gasteiger partial charge is 0.233 e. The number of ether oxygens (including phenoxy) is 2. The third-order valence-corrected chi connectivity index (χ3v) is 3.35. The average molecular weight is 328 g/mol. The fourth-order valence-corrected chi connectivity index (χ4v) is 1.97. The fourth-order valence-electron chi connectivity index (χ4n) is 1.67. The van der Waals surface area contributed by atoms with Crippen LogP contribution in [-0.4, -0.2) is 30.1 Å². The Morgan fingerprint density at radius 2 is 2.11 bits per heavy atom. The van der Waals surface area contributed by atoms with Gasteiger partial charge in [0.1, 0.15) is 5.82 Å². The van der Waals surface area contributed by atoms with E-state index in [9.17, 15) is 0 Å². The molecule has 19 heavy (non-hydrogen) atoms. The van der Waals surface area contributed by atoms with Gasteiger partial charge in [0, 0.05) is 18.9 Å². The van der Waals surface area contributed by atoms with Crippen molar-refractivity contribution in [2.75, 3.05) is 20.0 Å². The lowest BCUT2D eigenvalue weighted by atomic mass is 10.1. The lowest BCUT2D eigenvalue weighted by Gasteiger charge is -2.29. The largest absolute Gasteiger partial charge is 0.492 e. The number of aromatic nitrogens is 1. The Kier molecular flexibility index (Phi) is 3.63. The Labute approximate surface area is 118 Å². The predicted molar refractivity (Wildman–Crippen MR) is 76.6 cm³/mol. The summed E-state index contributed by atoms with van der Waals surface area (Å²) >= 11 is 3.36. The van der Waals surface area contributed by atoms with Gasteiger partial charge in [0.25, 0.3) is 0 Å². The van der Waals surface area contributed by atoms with Gasteiger partial charge >= 0.3 is 0 Å². The van der Waals surface area contributed by atoms with Gasteiger partial charge in [-0.2, -0.15) is 0 Å². The van der Waals surface area contributed by atoms with E-state index in [0.29, 0.717) is 22.8 Å². The third kappa shape index (κ3) is 2.49. The van der Waals surface area contributed by atoms with E-state index in [1.54, 1.807) is 12.3 Å². The SMILES string of the molecule is COc1c(C2=C(N)N=CC(Br)(OC)N2)ccnc1N. The zero-order chi connectivity index (χ0) is 14.0. The number of alkyl halides is 1. The van der Waals surface area contributed by atoms with Gasteiger partial charge in [-0.1, -0.05) is 0 Å². The quantitative estimate of drug-likeness (QED) is 0.555. The van der Waals surface area contributed by atoms with Gasteiger partial charge in [0.2, 0.25) is 4.63 Å². The van der Waals surface area contributed by atoms with Crippen LogP contribution < -0.4 is 21.5 Å². The van der Waals surface area contributed by atoms with Crippen LogP contribution in [0.1, 0.15) is 5.56 Å². The molecule has 0 saturated heterocycles. The highest BCUT2D eigenvalue weighted by Crippen LogP contribution is 2.33. The molecule has 1 aromatic heterocycles. The number of aliphatic imine (C=N–C) groups is 1. The maximum atomic E-state index is 5.89. The van der Waals surface area contributed by atoms with E-state index in [0.717, 1.165) is 0 Å². The number of nitrogens with zero attached hydrogens (tertiary/aromatic N) is 2. The van der Waals surface area contributed by atoms with Crippen molar-refractivity contribution in [1.82, 2.24) is 10.3 Å². The van der Waals surface area contributed by atoms with Crippen LogP contribution >= 0.6 is 15.9 Å². The summed E-state index contributed by atoms with van der Waals surface area (Å²) in [5.74, 6) is 1.00. The first-order chi connectivity index (χ1) is 9.00.